The smallest absolute Gasteiger partial charge is 0.166 e. The first-order chi connectivity index (χ1) is 8.86. The number of carbonyl (C=O) groups is 1. The fourth-order valence-electron chi connectivity index (χ4n) is 2.47. The van der Waals surface area contributed by atoms with Gasteiger partial charge in [0.15, 0.2) is 6.29 Å². The third-order valence-corrected chi connectivity index (χ3v) is 3.29. The van der Waals surface area contributed by atoms with Gasteiger partial charge in [0.2, 0.25) is 0 Å². The van der Waals surface area contributed by atoms with Crippen molar-refractivity contribution in [3.05, 3.63) is 48.2 Å². The molecule has 0 saturated heterocycles. The van der Waals surface area contributed by atoms with E-state index in [1.807, 2.05) is 42.5 Å². The van der Waals surface area contributed by atoms with Crippen molar-refractivity contribution in [3.63, 3.8) is 0 Å². The van der Waals surface area contributed by atoms with E-state index in [1.165, 1.54) is 0 Å². The molecule has 2 heterocycles. The summed E-state index contributed by atoms with van der Waals surface area (Å²) in [5, 5.41) is 3.13. The van der Waals surface area contributed by atoms with Gasteiger partial charge in [0.1, 0.15) is 11.2 Å². The van der Waals surface area contributed by atoms with Gasteiger partial charge in [-0.15, -0.1) is 0 Å². The van der Waals surface area contributed by atoms with Crippen molar-refractivity contribution in [2.45, 2.75) is 0 Å². The zero-order chi connectivity index (χ0) is 12.1. The van der Waals surface area contributed by atoms with Crippen molar-refractivity contribution in [2.24, 2.45) is 0 Å². The van der Waals surface area contributed by atoms with E-state index in [-0.39, 0.29) is 0 Å². The molecule has 0 radical (unpaired) electrons. The summed E-state index contributed by atoms with van der Waals surface area (Å²) in [4.78, 5) is 13.9. The standard InChI is InChI=1S/C15H9NO2/c17-8-9-7-12-13(16-9)6-5-11-10-3-1-2-4-14(10)18-15(11)12/h1-8,16H. The van der Waals surface area contributed by atoms with E-state index in [0.717, 1.165) is 39.1 Å². The Kier molecular flexibility index (Phi) is 1.70. The molecular weight excluding hydrogens is 226 g/mol. The summed E-state index contributed by atoms with van der Waals surface area (Å²) in [7, 11) is 0. The lowest BCUT2D eigenvalue weighted by Gasteiger charge is -1.90. The molecule has 0 spiro atoms. The van der Waals surface area contributed by atoms with Crippen molar-refractivity contribution in [1.82, 2.24) is 4.98 Å². The van der Waals surface area contributed by atoms with Crippen LogP contribution in [0.2, 0.25) is 0 Å². The van der Waals surface area contributed by atoms with Crippen molar-refractivity contribution >= 4 is 39.1 Å². The Morgan fingerprint density at radius 1 is 1.00 bits per heavy atom. The van der Waals surface area contributed by atoms with Gasteiger partial charge in [0.25, 0.3) is 0 Å². The number of benzene rings is 2. The minimum absolute atomic E-state index is 0.568. The Labute approximate surface area is 102 Å². The van der Waals surface area contributed by atoms with E-state index in [2.05, 4.69) is 4.98 Å². The molecule has 2 aromatic heterocycles. The molecule has 18 heavy (non-hydrogen) atoms. The van der Waals surface area contributed by atoms with Crippen molar-refractivity contribution in [3.8, 4) is 0 Å². The predicted octanol–water partition coefficient (Wildman–Crippen LogP) is 3.88. The molecule has 3 heteroatoms. The van der Waals surface area contributed by atoms with Crippen LogP contribution in [0.3, 0.4) is 0 Å². The maximum absolute atomic E-state index is 10.8. The summed E-state index contributed by atoms with van der Waals surface area (Å²) in [5.41, 5.74) is 3.19. The number of aldehydes is 1. The first kappa shape index (κ1) is 9.48. The van der Waals surface area contributed by atoms with Gasteiger partial charge in [-0.25, -0.2) is 0 Å². The number of fused-ring (bicyclic) bond motifs is 5. The maximum atomic E-state index is 10.8. The molecule has 4 aromatic rings. The summed E-state index contributed by atoms with van der Waals surface area (Å²) >= 11 is 0. The van der Waals surface area contributed by atoms with Crippen LogP contribution in [0, 0.1) is 0 Å². The number of para-hydroxylation sites is 1. The van der Waals surface area contributed by atoms with Crippen LogP contribution < -0.4 is 0 Å². The summed E-state index contributed by atoms with van der Waals surface area (Å²) in [6.07, 6.45) is 0.814. The van der Waals surface area contributed by atoms with E-state index in [1.54, 1.807) is 0 Å². The van der Waals surface area contributed by atoms with Crippen LogP contribution in [0.15, 0.2) is 46.9 Å². The SMILES string of the molecule is O=Cc1cc2c(ccc3c4ccccc4oc23)[nH]1. The third-order valence-electron chi connectivity index (χ3n) is 3.29. The van der Waals surface area contributed by atoms with Crippen LogP contribution >= 0.6 is 0 Å². The number of aromatic nitrogens is 1. The minimum atomic E-state index is 0.568. The molecule has 0 aliphatic rings. The van der Waals surface area contributed by atoms with Crippen LogP contribution in [-0.4, -0.2) is 11.3 Å². The number of rotatable bonds is 1. The molecule has 2 aromatic carbocycles. The van der Waals surface area contributed by atoms with Crippen molar-refractivity contribution in [1.29, 1.82) is 0 Å². The van der Waals surface area contributed by atoms with Gasteiger partial charge in [-0.05, 0) is 24.3 Å². The second-order valence-corrected chi connectivity index (χ2v) is 4.34. The highest BCUT2D eigenvalue weighted by molar-refractivity contribution is 6.15. The van der Waals surface area contributed by atoms with Crippen LogP contribution in [0.25, 0.3) is 32.8 Å². The largest absolute Gasteiger partial charge is 0.455 e. The van der Waals surface area contributed by atoms with Crippen molar-refractivity contribution in [2.75, 3.05) is 0 Å². The van der Waals surface area contributed by atoms with Gasteiger partial charge < -0.3 is 9.40 Å². The van der Waals surface area contributed by atoms with Gasteiger partial charge in [-0.2, -0.15) is 0 Å². The Balaban J connectivity index is 2.27. The van der Waals surface area contributed by atoms with E-state index in [0.29, 0.717) is 5.69 Å². The Hall–Kier alpha value is -2.55. The molecule has 86 valence electrons. The van der Waals surface area contributed by atoms with Crippen LogP contribution in [-0.2, 0) is 0 Å². The molecule has 3 nitrogen and oxygen atoms in total. The second-order valence-electron chi connectivity index (χ2n) is 4.34. The Morgan fingerprint density at radius 2 is 1.89 bits per heavy atom. The number of carbonyl (C=O) groups excluding carboxylic acids is 1. The highest BCUT2D eigenvalue weighted by Gasteiger charge is 2.11. The first-order valence-corrected chi connectivity index (χ1v) is 5.75. The third kappa shape index (κ3) is 1.10. The van der Waals surface area contributed by atoms with Crippen molar-refractivity contribution < 1.29 is 9.21 Å². The maximum Gasteiger partial charge on any atom is 0.166 e. The minimum Gasteiger partial charge on any atom is -0.455 e. The van der Waals surface area contributed by atoms with E-state index in [9.17, 15) is 4.79 Å². The summed E-state index contributed by atoms with van der Waals surface area (Å²) in [5.74, 6) is 0. The van der Waals surface area contributed by atoms with E-state index >= 15 is 0 Å². The molecule has 0 atom stereocenters. The van der Waals surface area contributed by atoms with Gasteiger partial charge >= 0.3 is 0 Å². The number of furan rings is 1. The summed E-state index contributed by atoms with van der Waals surface area (Å²) in [6, 6.07) is 13.8. The lowest BCUT2D eigenvalue weighted by molar-refractivity contribution is 0.112. The zero-order valence-corrected chi connectivity index (χ0v) is 9.44. The van der Waals surface area contributed by atoms with Crippen LogP contribution in [0.1, 0.15) is 10.5 Å². The normalized spacial score (nSPS) is 11.6. The molecule has 0 unspecified atom stereocenters. The molecule has 4 rings (SSSR count). The van der Waals surface area contributed by atoms with Crippen LogP contribution in [0.5, 0.6) is 0 Å². The van der Waals surface area contributed by atoms with E-state index in [4.69, 9.17) is 4.42 Å². The van der Waals surface area contributed by atoms with Gasteiger partial charge in [0.05, 0.1) is 5.69 Å². The number of nitrogens with one attached hydrogen (secondary N) is 1. The second kappa shape index (κ2) is 3.23. The fraction of sp³-hybridized carbons (Fsp3) is 0. The van der Waals surface area contributed by atoms with Gasteiger partial charge in [-0.3, -0.25) is 4.79 Å². The monoisotopic (exact) mass is 235 g/mol. The summed E-state index contributed by atoms with van der Waals surface area (Å²) < 4.78 is 5.89. The number of H-pyrrole nitrogens is 1. The molecule has 0 saturated carbocycles. The average Bonchev–Trinajstić information content (AvgIpc) is 2.98. The quantitative estimate of drug-likeness (QED) is 0.509. The summed E-state index contributed by atoms with van der Waals surface area (Å²) in [6.45, 7) is 0. The molecule has 0 aliphatic heterocycles. The number of hydrogen-bond acceptors (Lipinski definition) is 2. The van der Waals surface area contributed by atoms with Crippen LogP contribution in [0.4, 0.5) is 0 Å². The van der Waals surface area contributed by atoms with Gasteiger partial charge in [0, 0.05) is 21.7 Å². The highest BCUT2D eigenvalue weighted by atomic mass is 16.3. The van der Waals surface area contributed by atoms with E-state index < -0.39 is 0 Å². The Morgan fingerprint density at radius 3 is 2.78 bits per heavy atom. The number of aromatic amines is 1. The Bertz CT molecular complexity index is 899. The fourth-order valence-corrected chi connectivity index (χ4v) is 2.47. The topological polar surface area (TPSA) is 46.0 Å². The zero-order valence-electron chi connectivity index (χ0n) is 9.44. The lowest BCUT2D eigenvalue weighted by atomic mass is 10.1. The first-order valence-electron chi connectivity index (χ1n) is 5.75. The molecule has 0 aliphatic carbocycles. The molecular formula is C15H9NO2. The van der Waals surface area contributed by atoms with Gasteiger partial charge in [-0.1, -0.05) is 18.2 Å². The molecule has 0 amide bonds. The highest BCUT2D eigenvalue weighted by Crippen LogP contribution is 2.33. The molecule has 1 N–H and O–H groups in total. The number of hydrogen-bond donors (Lipinski definition) is 1. The lowest BCUT2D eigenvalue weighted by Crippen LogP contribution is -1.74. The molecule has 0 bridgehead atoms. The predicted molar refractivity (Wildman–Crippen MR) is 71.0 cm³/mol. The molecule has 0 fully saturated rings. The average molecular weight is 235 g/mol.